The molecule has 0 aliphatic rings. The first-order valence-electron chi connectivity index (χ1n) is 7.63. The molecule has 0 saturated carbocycles. The van der Waals surface area contributed by atoms with Gasteiger partial charge in [0.15, 0.2) is 23.1 Å². The highest BCUT2D eigenvalue weighted by molar-refractivity contribution is 7.15. The number of carbonyl (C=O) groups excluding carboxylic acids is 1. The molecule has 0 radical (unpaired) electrons. The minimum Gasteiger partial charge on any atom is -0.490 e. The zero-order chi connectivity index (χ0) is 17.6. The van der Waals surface area contributed by atoms with Crippen LogP contribution in [0.2, 0.25) is 0 Å². The van der Waals surface area contributed by atoms with Crippen molar-refractivity contribution in [3.63, 3.8) is 0 Å². The van der Waals surface area contributed by atoms with Crippen LogP contribution in [0, 0.1) is 0 Å². The van der Waals surface area contributed by atoms with Crippen LogP contribution in [0.3, 0.4) is 0 Å². The Hall–Kier alpha value is -2.87. The van der Waals surface area contributed by atoms with Crippen molar-refractivity contribution in [2.24, 2.45) is 0 Å². The van der Waals surface area contributed by atoms with E-state index < -0.39 is 5.97 Å². The number of esters is 1. The van der Waals surface area contributed by atoms with Crippen LogP contribution in [-0.4, -0.2) is 28.6 Å². The largest absolute Gasteiger partial charge is 0.490 e. The van der Waals surface area contributed by atoms with Gasteiger partial charge in [0.1, 0.15) is 6.61 Å². The second-order valence-corrected chi connectivity index (χ2v) is 5.84. The van der Waals surface area contributed by atoms with Gasteiger partial charge in [-0.2, -0.15) is 0 Å². The smallest absolute Gasteiger partial charge is 0.344 e. The number of thiazole rings is 1. The Bertz CT molecular complexity index is 934. The Labute approximate surface area is 147 Å². The Balaban J connectivity index is 1.57. The second-order valence-electron chi connectivity index (χ2n) is 4.97. The molecule has 0 saturated heterocycles. The lowest BCUT2D eigenvalue weighted by Crippen LogP contribution is -2.17. The van der Waals surface area contributed by atoms with Gasteiger partial charge in [-0.3, -0.25) is 9.20 Å². The van der Waals surface area contributed by atoms with E-state index in [-0.39, 0.29) is 18.8 Å². The fraction of sp³-hybridized carbons (Fsp3) is 0.235. The Morgan fingerprint density at radius 2 is 2.00 bits per heavy atom. The van der Waals surface area contributed by atoms with Crippen LogP contribution in [-0.2, 0) is 16.1 Å². The number of rotatable bonds is 7. The van der Waals surface area contributed by atoms with E-state index in [2.05, 4.69) is 4.98 Å². The SMILES string of the molecule is CCOc1ccccc1OCC(=O)OCc1cc(=O)n2ccsc2n1. The summed E-state index contributed by atoms with van der Waals surface area (Å²) in [5.41, 5.74) is 0.190. The molecule has 25 heavy (non-hydrogen) atoms. The first-order valence-corrected chi connectivity index (χ1v) is 8.51. The topological polar surface area (TPSA) is 79.1 Å². The average molecular weight is 360 g/mol. The molecule has 1 aromatic carbocycles. The van der Waals surface area contributed by atoms with Crippen LogP contribution in [0.25, 0.3) is 4.96 Å². The summed E-state index contributed by atoms with van der Waals surface area (Å²) in [5, 5.41) is 1.77. The molecule has 3 aromatic rings. The molecule has 7 nitrogen and oxygen atoms in total. The number of carbonyl (C=O) groups is 1. The van der Waals surface area contributed by atoms with Gasteiger partial charge in [-0.05, 0) is 19.1 Å². The lowest BCUT2D eigenvalue weighted by Gasteiger charge is -2.11. The third-order valence-electron chi connectivity index (χ3n) is 3.23. The van der Waals surface area contributed by atoms with E-state index in [1.807, 2.05) is 13.0 Å². The highest BCUT2D eigenvalue weighted by Crippen LogP contribution is 2.26. The number of aromatic nitrogens is 2. The summed E-state index contributed by atoms with van der Waals surface area (Å²) in [4.78, 5) is 28.6. The van der Waals surface area contributed by atoms with E-state index in [1.54, 1.807) is 29.8 Å². The number of benzene rings is 1. The first-order chi connectivity index (χ1) is 12.2. The highest BCUT2D eigenvalue weighted by Gasteiger charge is 2.10. The molecule has 0 aliphatic heterocycles. The van der Waals surface area contributed by atoms with Crippen LogP contribution in [0.5, 0.6) is 11.5 Å². The summed E-state index contributed by atoms with van der Waals surface area (Å²) in [6.45, 7) is 2.02. The molecule has 2 aromatic heterocycles. The van der Waals surface area contributed by atoms with Gasteiger partial charge < -0.3 is 14.2 Å². The first kappa shape index (κ1) is 17.0. The predicted molar refractivity (Wildman–Crippen MR) is 92.2 cm³/mol. The molecule has 0 fully saturated rings. The van der Waals surface area contributed by atoms with Gasteiger partial charge in [0.25, 0.3) is 5.56 Å². The van der Waals surface area contributed by atoms with Gasteiger partial charge in [-0.15, -0.1) is 11.3 Å². The summed E-state index contributed by atoms with van der Waals surface area (Å²) in [5.74, 6) is 0.479. The molecule has 0 unspecified atom stereocenters. The standard InChI is InChI=1S/C17H16N2O5S/c1-2-22-13-5-3-4-6-14(13)23-11-16(21)24-10-12-9-15(20)19-7-8-25-17(19)18-12/h3-9H,2,10-11H2,1H3. The molecule has 3 rings (SSSR count). The van der Waals surface area contributed by atoms with Gasteiger partial charge in [-0.1, -0.05) is 12.1 Å². The average Bonchev–Trinajstić information content (AvgIpc) is 3.09. The lowest BCUT2D eigenvalue weighted by atomic mass is 10.3. The van der Waals surface area contributed by atoms with Crippen molar-refractivity contribution in [3.8, 4) is 11.5 Å². The normalized spacial score (nSPS) is 10.6. The van der Waals surface area contributed by atoms with E-state index >= 15 is 0 Å². The van der Waals surface area contributed by atoms with Crippen molar-refractivity contribution in [2.75, 3.05) is 13.2 Å². The number of para-hydroxylation sites is 2. The Kier molecular flexibility index (Phi) is 5.30. The summed E-state index contributed by atoms with van der Waals surface area (Å²) >= 11 is 1.34. The minimum absolute atomic E-state index is 0.0844. The maximum atomic E-state index is 11.9. The molecule has 0 aliphatic carbocycles. The van der Waals surface area contributed by atoms with E-state index in [4.69, 9.17) is 14.2 Å². The van der Waals surface area contributed by atoms with Crippen molar-refractivity contribution >= 4 is 22.3 Å². The van der Waals surface area contributed by atoms with Gasteiger partial charge in [0.05, 0.1) is 12.3 Å². The Morgan fingerprint density at radius 1 is 1.24 bits per heavy atom. The van der Waals surface area contributed by atoms with Crippen molar-refractivity contribution in [1.82, 2.24) is 9.38 Å². The van der Waals surface area contributed by atoms with Crippen molar-refractivity contribution in [1.29, 1.82) is 0 Å². The fourth-order valence-corrected chi connectivity index (χ4v) is 2.88. The number of ether oxygens (including phenoxy) is 3. The van der Waals surface area contributed by atoms with E-state index in [0.717, 1.165) is 0 Å². The van der Waals surface area contributed by atoms with Crippen LogP contribution in [0.4, 0.5) is 0 Å². The van der Waals surface area contributed by atoms with Crippen LogP contribution >= 0.6 is 11.3 Å². The molecular formula is C17H16N2O5S. The van der Waals surface area contributed by atoms with Crippen molar-refractivity contribution < 1.29 is 19.0 Å². The fourth-order valence-electron chi connectivity index (χ4n) is 2.14. The maximum Gasteiger partial charge on any atom is 0.344 e. The highest BCUT2D eigenvalue weighted by atomic mass is 32.1. The number of hydrogen-bond donors (Lipinski definition) is 0. The Morgan fingerprint density at radius 3 is 2.76 bits per heavy atom. The molecule has 8 heteroatoms. The quantitative estimate of drug-likeness (QED) is 0.602. The van der Waals surface area contributed by atoms with Crippen LogP contribution in [0.15, 0.2) is 46.7 Å². The predicted octanol–water partition coefficient (Wildman–Crippen LogP) is 2.28. The monoisotopic (exact) mass is 360 g/mol. The van der Waals surface area contributed by atoms with Crippen molar-refractivity contribution in [3.05, 3.63) is 58.0 Å². The zero-order valence-electron chi connectivity index (χ0n) is 13.5. The summed E-state index contributed by atoms with van der Waals surface area (Å²) < 4.78 is 17.4. The summed E-state index contributed by atoms with van der Waals surface area (Å²) in [6.07, 6.45) is 1.65. The van der Waals surface area contributed by atoms with Crippen molar-refractivity contribution in [2.45, 2.75) is 13.5 Å². The van der Waals surface area contributed by atoms with Gasteiger partial charge >= 0.3 is 5.97 Å². The lowest BCUT2D eigenvalue weighted by molar-refractivity contribution is -0.147. The van der Waals surface area contributed by atoms with E-state index in [0.29, 0.717) is 28.8 Å². The summed E-state index contributed by atoms with van der Waals surface area (Å²) in [7, 11) is 0. The number of fused-ring (bicyclic) bond motifs is 1. The minimum atomic E-state index is -0.556. The van der Waals surface area contributed by atoms with Gasteiger partial charge in [0.2, 0.25) is 0 Å². The third-order valence-corrected chi connectivity index (χ3v) is 3.99. The molecule has 0 N–H and O–H groups in total. The zero-order valence-corrected chi connectivity index (χ0v) is 14.3. The molecule has 0 amide bonds. The second kappa shape index (κ2) is 7.80. The van der Waals surface area contributed by atoms with E-state index in [9.17, 15) is 9.59 Å². The molecule has 2 heterocycles. The summed E-state index contributed by atoms with van der Waals surface area (Å²) in [6, 6.07) is 8.43. The molecule has 130 valence electrons. The number of nitrogens with zero attached hydrogens (tertiary/aromatic N) is 2. The van der Waals surface area contributed by atoms with Crippen LogP contribution in [0.1, 0.15) is 12.6 Å². The number of hydrogen-bond acceptors (Lipinski definition) is 7. The molecule has 0 spiro atoms. The third kappa shape index (κ3) is 4.16. The van der Waals surface area contributed by atoms with Gasteiger partial charge in [0, 0.05) is 17.6 Å². The molecule has 0 bridgehead atoms. The molecular weight excluding hydrogens is 344 g/mol. The van der Waals surface area contributed by atoms with Crippen LogP contribution < -0.4 is 15.0 Å². The maximum absolute atomic E-state index is 11.9. The van der Waals surface area contributed by atoms with E-state index in [1.165, 1.54) is 21.8 Å². The van der Waals surface area contributed by atoms with Gasteiger partial charge in [-0.25, -0.2) is 9.78 Å². The molecule has 0 atom stereocenters.